The summed E-state index contributed by atoms with van der Waals surface area (Å²) < 4.78 is 10.5. The molecule has 0 fully saturated rings. The van der Waals surface area contributed by atoms with Crippen LogP contribution in [0.1, 0.15) is 5.69 Å². The van der Waals surface area contributed by atoms with Gasteiger partial charge in [-0.15, -0.1) is 0 Å². The number of ether oxygens (including phenoxy) is 2. The molecule has 0 atom stereocenters. The topological polar surface area (TPSA) is 59.2 Å². The standard InChI is InChI=1S/C13H17N3O2/c1-8-12(16-13(14-2)15-8)9-5-10(17-3)7-11(6-9)18-4/h5-7H,1-4H3,(H2,14,15,16). The van der Waals surface area contributed by atoms with Crippen molar-refractivity contribution < 1.29 is 9.47 Å². The first-order valence-electron chi connectivity index (χ1n) is 5.65. The van der Waals surface area contributed by atoms with Crippen LogP contribution in [0.3, 0.4) is 0 Å². The average Bonchev–Trinajstić information content (AvgIpc) is 2.79. The highest BCUT2D eigenvalue weighted by Crippen LogP contribution is 2.30. The molecule has 2 aromatic rings. The fourth-order valence-electron chi connectivity index (χ4n) is 1.80. The van der Waals surface area contributed by atoms with Crippen molar-refractivity contribution in [2.75, 3.05) is 26.6 Å². The van der Waals surface area contributed by atoms with Gasteiger partial charge < -0.3 is 19.8 Å². The first-order valence-corrected chi connectivity index (χ1v) is 5.65. The number of aromatic amines is 1. The SMILES string of the molecule is CNc1nc(-c2cc(OC)cc(OC)c2)c(C)[nH]1. The van der Waals surface area contributed by atoms with E-state index in [1.165, 1.54) is 0 Å². The van der Waals surface area contributed by atoms with Crippen molar-refractivity contribution in [2.45, 2.75) is 6.92 Å². The lowest BCUT2D eigenvalue weighted by molar-refractivity contribution is 0.394. The Morgan fingerprint density at radius 3 is 2.17 bits per heavy atom. The number of hydrogen-bond acceptors (Lipinski definition) is 4. The molecule has 0 radical (unpaired) electrons. The highest BCUT2D eigenvalue weighted by Gasteiger charge is 2.11. The smallest absolute Gasteiger partial charge is 0.200 e. The third kappa shape index (κ3) is 2.25. The molecule has 0 bridgehead atoms. The van der Waals surface area contributed by atoms with Crippen LogP contribution in [-0.2, 0) is 0 Å². The van der Waals surface area contributed by atoms with Crippen molar-refractivity contribution in [1.82, 2.24) is 9.97 Å². The Balaban J connectivity index is 2.51. The van der Waals surface area contributed by atoms with Gasteiger partial charge >= 0.3 is 0 Å². The molecule has 2 rings (SSSR count). The zero-order valence-electron chi connectivity index (χ0n) is 11.0. The van der Waals surface area contributed by atoms with Crippen molar-refractivity contribution in [2.24, 2.45) is 0 Å². The number of methoxy groups -OCH3 is 2. The summed E-state index contributed by atoms with van der Waals surface area (Å²) in [5, 5.41) is 2.99. The molecule has 5 heteroatoms. The fraction of sp³-hybridized carbons (Fsp3) is 0.308. The van der Waals surface area contributed by atoms with Gasteiger partial charge in [0, 0.05) is 24.4 Å². The van der Waals surface area contributed by atoms with Gasteiger partial charge in [0.2, 0.25) is 5.95 Å². The molecule has 0 aliphatic heterocycles. The van der Waals surface area contributed by atoms with E-state index in [4.69, 9.17) is 9.47 Å². The number of rotatable bonds is 4. The maximum absolute atomic E-state index is 5.26. The lowest BCUT2D eigenvalue weighted by Crippen LogP contribution is -1.90. The van der Waals surface area contributed by atoms with Gasteiger partial charge in [0.05, 0.1) is 19.9 Å². The van der Waals surface area contributed by atoms with Gasteiger partial charge in [-0.1, -0.05) is 0 Å². The van der Waals surface area contributed by atoms with Crippen molar-refractivity contribution in [3.63, 3.8) is 0 Å². The van der Waals surface area contributed by atoms with Crippen molar-refractivity contribution in [1.29, 1.82) is 0 Å². The number of H-pyrrole nitrogens is 1. The second-order valence-corrected chi connectivity index (χ2v) is 3.91. The third-order valence-electron chi connectivity index (χ3n) is 2.75. The molecule has 0 aliphatic rings. The van der Waals surface area contributed by atoms with Crippen LogP contribution >= 0.6 is 0 Å². The molecular weight excluding hydrogens is 230 g/mol. The van der Waals surface area contributed by atoms with Gasteiger partial charge in [-0.2, -0.15) is 0 Å². The monoisotopic (exact) mass is 247 g/mol. The van der Waals surface area contributed by atoms with Crippen molar-refractivity contribution in [3.05, 3.63) is 23.9 Å². The van der Waals surface area contributed by atoms with Crippen LogP contribution in [0, 0.1) is 6.92 Å². The minimum absolute atomic E-state index is 0.740. The van der Waals surface area contributed by atoms with Gasteiger partial charge in [0.25, 0.3) is 0 Å². The zero-order chi connectivity index (χ0) is 13.1. The Morgan fingerprint density at radius 1 is 1.11 bits per heavy atom. The summed E-state index contributed by atoms with van der Waals surface area (Å²) in [6.07, 6.45) is 0. The Bertz CT molecular complexity index is 527. The lowest BCUT2D eigenvalue weighted by atomic mass is 10.1. The Morgan fingerprint density at radius 2 is 1.72 bits per heavy atom. The number of hydrogen-bond donors (Lipinski definition) is 2. The summed E-state index contributed by atoms with van der Waals surface area (Å²) in [6, 6.07) is 5.71. The maximum atomic E-state index is 5.26. The molecule has 2 N–H and O–H groups in total. The van der Waals surface area contributed by atoms with E-state index < -0.39 is 0 Å². The predicted molar refractivity (Wildman–Crippen MR) is 71.4 cm³/mol. The second kappa shape index (κ2) is 5.00. The molecule has 96 valence electrons. The van der Waals surface area contributed by atoms with Crippen LogP contribution in [-0.4, -0.2) is 31.2 Å². The van der Waals surface area contributed by atoms with E-state index in [0.29, 0.717) is 0 Å². The van der Waals surface area contributed by atoms with E-state index >= 15 is 0 Å². The summed E-state index contributed by atoms with van der Waals surface area (Å²) >= 11 is 0. The summed E-state index contributed by atoms with van der Waals surface area (Å²) in [5.41, 5.74) is 2.84. The molecule has 0 saturated carbocycles. The second-order valence-electron chi connectivity index (χ2n) is 3.91. The Hall–Kier alpha value is -2.17. The third-order valence-corrected chi connectivity index (χ3v) is 2.75. The Labute approximate surface area is 106 Å². The predicted octanol–water partition coefficient (Wildman–Crippen LogP) is 2.44. The molecule has 1 aromatic heterocycles. The molecule has 5 nitrogen and oxygen atoms in total. The molecule has 0 aliphatic carbocycles. The molecular formula is C13H17N3O2. The minimum atomic E-state index is 0.740. The Kier molecular flexibility index (Phi) is 3.41. The average molecular weight is 247 g/mol. The van der Waals surface area contributed by atoms with Crippen LogP contribution in [0.15, 0.2) is 18.2 Å². The van der Waals surface area contributed by atoms with Crippen molar-refractivity contribution in [3.8, 4) is 22.8 Å². The number of aromatic nitrogens is 2. The van der Waals surface area contributed by atoms with E-state index in [0.717, 1.165) is 34.4 Å². The van der Waals surface area contributed by atoms with Crippen LogP contribution in [0.25, 0.3) is 11.3 Å². The van der Waals surface area contributed by atoms with Gasteiger partial charge in [-0.05, 0) is 19.1 Å². The molecule has 1 heterocycles. The largest absolute Gasteiger partial charge is 0.497 e. The molecule has 0 amide bonds. The number of benzene rings is 1. The summed E-state index contributed by atoms with van der Waals surface area (Å²) in [6.45, 7) is 1.98. The lowest BCUT2D eigenvalue weighted by Gasteiger charge is -2.07. The minimum Gasteiger partial charge on any atom is -0.497 e. The quantitative estimate of drug-likeness (QED) is 0.871. The van der Waals surface area contributed by atoms with Crippen molar-refractivity contribution >= 4 is 5.95 Å². The van der Waals surface area contributed by atoms with Crippen LogP contribution < -0.4 is 14.8 Å². The number of aryl methyl sites for hydroxylation is 1. The maximum Gasteiger partial charge on any atom is 0.200 e. The number of imidazole rings is 1. The van der Waals surface area contributed by atoms with Crippen LogP contribution in [0.2, 0.25) is 0 Å². The first-order chi connectivity index (χ1) is 8.67. The normalized spacial score (nSPS) is 10.2. The fourth-order valence-corrected chi connectivity index (χ4v) is 1.80. The van der Waals surface area contributed by atoms with Gasteiger partial charge in [-0.3, -0.25) is 0 Å². The van der Waals surface area contributed by atoms with Gasteiger partial charge in [0.15, 0.2) is 0 Å². The summed E-state index contributed by atoms with van der Waals surface area (Å²) in [4.78, 5) is 7.64. The van der Waals surface area contributed by atoms with E-state index in [-0.39, 0.29) is 0 Å². The highest BCUT2D eigenvalue weighted by molar-refractivity contribution is 5.67. The summed E-state index contributed by atoms with van der Waals surface area (Å²) in [5.74, 6) is 2.24. The zero-order valence-corrected chi connectivity index (χ0v) is 11.0. The van der Waals surface area contributed by atoms with E-state index in [1.807, 2.05) is 32.2 Å². The van der Waals surface area contributed by atoms with Gasteiger partial charge in [-0.25, -0.2) is 4.98 Å². The number of nitrogens with zero attached hydrogens (tertiary/aromatic N) is 1. The van der Waals surface area contributed by atoms with E-state index in [2.05, 4.69) is 15.3 Å². The summed E-state index contributed by atoms with van der Waals surface area (Å²) in [7, 11) is 5.10. The van der Waals surface area contributed by atoms with Gasteiger partial charge in [0.1, 0.15) is 11.5 Å². The molecule has 1 aromatic carbocycles. The number of nitrogens with one attached hydrogen (secondary N) is 2. The molecule has 0 saturated heterocycles. The molecule has 0 spiro atoms. The van der Waals surface area contributed by atoms with E-state index in [9.17, 15) is 0 Å². The first kappa shape index (κ1) is 12.3. The van der Waals surface area contributed by atoms with Crippen LogP contribution in [0.4, 0.5) is 5.95 Å². The molecule has 18 heavy (non-hydrogen) atoms. The van der Waals surface area contributed by atoms with E-state index in [1.54, 1.807) is 14.2 Å². The number of anilines is 1. The highest BCUT2D eigenvalue weighted by atomic mass is 16.5. The molecule has 0 unspecified atom stereocenters. The van der Waals surface area contributed by atoms with Crippen LogP contribution in [0.5, 0.6) is 11.5 Å².